The third-order valence-electron chi connectivity index (χ3n) is 3.14. The summed E-state index contributed by atoms with van der Waals surface area (Å²) < 4.78 is 1.60. The van der Waals surface area contributed by atoms with Gasteiger partial charge in [0.2, 0.25) is 0 Å². The smallest absolute Gasteiger partial charge is 0.319 e. The van der Waals surface area contributed by atoms with E-state index in [1.165, 1.54) is 19.0 Å². The van der Waals surface area contributed by atoms with Crippen molar-refractivity contribution in [3.63, 3.8) is 0 Å². The third-order valence-corrected chi connectivity index (χ3v) is 3.42. The molecule has 0 atom stereocenters. The van der Waals surface area contributed by atoms with Gasteiger partial charge in [0.25, 0.3) is 0 Å². The van der Waals surface area contributed by atoms with Crippen molar-refractivity contribution in [1.82, 2.24) is 19.6 Å². The monoisotopic (exact) mass is 238 g/mol. The molecule has 0 spiro atoms. The Balaban J connectivity index is 2.24. The minimum absolute atomic E-state index is 0.140. The Kier molecular flexibility index (Phi) is 2.21. The van der Waals surface area contributed by atoms with E-state index in [0.29, 0.717) is 16.6 Å². The van der Waals surface area contributed by atoms with Gasteiger partial charge in [-0.1, -0.05) is 29.5 Å². The van der Waals surface area contributed by atoms with Gasteiger partial charge < -0.3 is 5.11 Å². The molecular formula is C10H11ClN4O. The van der Waals surface area contributed by atoms with E-state index in [-0.39, 0.29) is 6.01 Å². The first-order chi connectivity index (χ1) is 7.77. The highest BCUT2D eigenvalue weighted by atomic mass is 35.5. The van der Waals surface area contributed by atoms with Crippen molar-refractivity contribution in [2.45, 2.75) is 31.6 Å². The van der Waals surface area contributed by atoms with Crippen LogP contribution in [0.2, 0.25) is 5.15 Å². The number of hydrogen-bond donors (Lipinski definition) is 1. The van der Waals surface area contributed by atoms with Gasteiger partial charge in [0, 0.05) is 5.92 Å². The van der Waals surface area contributed by atoms with Crippen LogP contribution in [0, 0.1) is 0 Å². The number of hydrogen-bond acceptors (Lipinski definition) is 4. The Morgan fingerprint density at radius 3 is 2.88 bits per heavy atom. The van der Waals surface area contributed by atoms with Crippen LogP contribution in [-0.4, -0.2) is 24.7 Å². The molecule has 16 heavy (non-hydrogen) atoms. The van der Waals surface area contributed by atoms with E-state index < -0.39 is 0 Å². The van der Waals surface area contributed by atoms with Crippen molar-refractivity contribution >= 4 is 17.1 Å². The first-order valence-electron chi connectivity index (χ1n) is 5.36. The van der Waals surface area contributed by atoms with Gasteiger partial charge in [-0.2, -0.15) is 5.10 Å². The number of halogens is 1. The zero-order valence-corrected chi connectivity index (χ0v) is 9.35. The van der Waals surface area contributed by atoms with Gasteiger partial charge in [-0.25, -0.2) is 9.38 Å². The number of nitrogens with zero attached hydrogens (tertiary/aromatic N) is 4. The highest BCUT2D eigenvalue weighted by Gasteiger charge is 2.24. The molecule has 0 aliphatic heterocycles. The number of rotatable bonds is 1. The summed E-state index contributed by atoms with van der Waals surface area (Å²) in [5, 5.41) is 17.4. The maximum absolute atomic E-state index is 9.72. The lowest BCUT2D eigenvalue weighted by atomic mass is 10.1. The number of aromatic nitrogens is 4. The summed E-state index contributed by atoms with van der Waals surface area (Å²) in [7, 11) is 0. The molecule has 0 aromatic carbocycles. The molecule has 1 aliphatic carbocycles. The van der Waals surface area contributed by atoms with Crippen LogP contribution in [0.25, 0.3) is 5.52 Å². The van der Waals surface area contributed by atoms with Crippen LogP contribution in [0.1, 0.15) is 37.4 Å². The SMILES string of the molecule is Oc1nncc2c(Cl)nc(C3CCCC3)n12. The van der Waals surface area contributed by atoms with Crippen molar-refractivity contribution in [2.75, 3.05) is 0 Å². The standard InChI is InChI=1S/C10H11ClN4O/c11-8-7-5-12-14-10(16)15(7)9(13-8)6-3-1-2-4-6/h5-6H,1-4H2,(H,14,16). The second-order valence-electron chi connectivity index (χ2n) is 4.11. The van der Waals surface area contributed by atoms with Crippen molar-refractivity contribution < 1.29 is 5.11 Å². The van der Waals surface area contributed by atoms with Crippen LogP contribution >= 0.6 is 11.6 Å². The third kappa shape index (κ3) is 1.35. The summed E-state index contributed by atoms with van der Waals surface area (Å²) in [6.45, 7) is 0. The molecule has 5 nitrogen and oxygen atoms in total. The molecule has 0 unspecified atom stereocenters. The fourth-order valence-electron chi connectivity index (χ4n) is 2.38. The Morgan fingerprint density at radius 1 is 1.38 bits per heavy atom. The zero-order chi connectivity index (χ0) is 11.1. The predicted octanol–water partition coefficient (Wildman–Crippen LogP) is 2.14. The van der Waals surface area contributed by atoms with Crippen molar-refractivity contribution in [2.24, 2.45) is 0 Å². The Bertz CT molecular complexity index is 533. The molecule has 0 amide bonds. The van der Waals surface area contributed by atoms with E-state index in [1.54, 1.807) is 4.40 Å². The van der Waals surface area contributed by atoms with Gasteiger partial charge in [0.1, 0.15) is 11.3 Å². The second kappa shape index (κ2) is 3.59. The highest BCUT2D eigenvalue weighted by Crippen LogP contribution is 2.36. The molecule has 1 aliphatic rings. The lowest BCUT2D eigenvalue weighted by molar-refractivity contribution is 0.408. The molecule has 0 saturated heterocycles. The topological polar surface area (TPSA) is 63.3 Å². The van der Waals surface area contributed by atoms with Gasteiger partial charge in [-0.05, 0) is 12.8 Å². The normalized spacial score (nSPS) is 17.3. The van der Waals surface area contributed by atoms with E-state index in [4.69, 9.17) is 11.6 Å². The number of imidazole rings is 1. The first-order valence-corrected chi connectivity index (χ1v) is 5.73. The molecule has 0 radical (unpaired) electrons. The fourth-order valence-corrected chi connectivity index (χ4v) is 2.60. The first kappa shape index (κ1) is 9.84. The lowest BCUT2D eigenvalue weighted by Gasteiger charge is -2.07. The minimum atomic E-state index is -0.140. The summed E-state index contributed by atoms with van der Waals surface area (Å²) in [5.74, 6) is 1.18. The summed E-state index contributed by atoms with van der Waals surface area (Å²) in [4.78, 5) is 4.32. The molecule has 1 fully saturated rings. The predicted molar refractivity (Wildman–Crippen MR) is 58.7 cm³/mol. The highest BCUT2D eigenvalue weighted by molar-refractivity contribution is 6.32. The van der Waals surface area contributed by atoms with Gasteiger partial charge in [-0.15, -0.1) is 0 Å². The largest absolute Gasteiger partial charge is 0.479 e. The van der Waals surface area contributed by atoms with E-state index in [9.17, 15) is 5.11 Å². The van der Waals surface area contributed by atoms with Crippen LogP contribution in [0.15, 0.2) is 6.20 Å². The summed E-state index contributed by atoms with van der Waals surface area (Å²) in [5.41, 5.74) is 0.621. The average molecular weight is 239 g/mol. The van der Waals surface area contributed by atoms with Gasteiger partial charge in [-0.3, -0.25) is 0 Å². The van der Waals surface area contributed by atoms with E-state index in [1.807, 2.05) is 0 Å². The summed E-state index contributed by atoms with van der Waals surface area (Å²) >= 11 is 6.02. The summed E-state index contributed by atoms with van der Waals surface area (Å²) in [6, 6.07) is -0.140. The Labute approximate surface area is 97.1 Å². The van der Waals surface area contributed by atoms with Crippen LogP contribution in [0.3, 0.4) is 0 Å². The van der Waals surface area contributed by atoms with Crippen LogP contribution in [0.4, 0.5) is 0 Å². The van der Waals surface area contributed by atoms with Gasteiger partial charge >= 0.3 is 6.01 Å². The number of aromatic hydroxyl groups is 1. The van der Waals surface area contributed by atoms with E-state index >= 15 is 0 Å². The average Bonchev–Trinajstić information content (AvgIpc) is 2.87. The Hall–Kier alpha value is -1.36. The molecule has 3 rings (SSSR count). The maximum Gasteiger partial charge on any atom is 0.319 e. The molecule has 1 saturated carbocycles. The van der Waals surface area contributed by atoms with Gasteiger partial charge in [0.05, 0.1) is 6.20 Å². The molecule has 84 valence electrons. The van der Waals surface area contributed by atoms with Crippen molar-refractivity contribution in [3.05, 3.63) is 17.2 Å². The van der Waals surface area contributed by atoms with E-state index in [2.05, 4.69) is 15.2 Å². The number of fused-ring (bicyclic) bond motifs is 1. The summed E-state index contributed by atoms with van der Waals surface area (Å²) in [6.07, 6.45) is 6.12. The molecule has 0 bridgehead atoms. The van der Waals surface area contributed by atoms with Crippen molar-refractivity contribution in [3.8, 4) is 6.01 Å². The van der Waals surface area contributed by atoms with Crippen molar-refractivity contribution in [1.29, 1.82) is 0 Å². The Morgan fingerprint density at radius 2 is 2.12 bits per heavy atom. The van der Waals surface area contributed by atoms with Crippen LogP contribution < -0.4 is 0 Å². The van der Waals surface area contributed by atoms with Crippen LogP contribution in [0.5, 0.6) is 6.01 Å². The molecule has 2 aromatic rings. The minimum Gasteiger partial charge on any atom is -0.479 e. The molecule has 2 heterocycles. The maximum atomic E-state index is 9.72. The zero-order valence-electron chi connectivity index (χ0n) is 8.60. The molecule has 2 aromatic heterocycles. The quantitative estimate of drug-likeness (QED) is 0.827. The van der Waals surface area contributed by atoms with E-state index in [0.717, 1.165) is 18.7 Å². The van der Waals surface area contributed by atoms with Crippen LogP contribution in [-0.2, 0) is 0 Å². The molecule has 1 N–H and O–H groups in total. The molecule has 6 heteroatoms. The lowest BCUT2D eigenvalue weighted by Crippen LogP contribution is -2.02. The second-order valence-corrected chi connectivity index (χ2v) is 4.47. The fraction of sp³-hybridized carbons (Fsp3) is 0.500. The van der Waals surface area contributed by atoms with Gasteiger partial charge in [0.15, 0.2) is 5.15 Å². The molecular weight excluding hydrogens is 228 g/mol.